The number of anilines is 1. The van der Waals surface area contributed by atoms with Gasteiger partial charge in [0.2, 0.25) is 5.91 Å². The highest BCUT2D eigenvalue weighted by Gasteiger charge is 2.22. The first-order valence-corrected chi connectivity index (χ1v) is 9.91. The van der Waals surface area contributed by atoms with Gasteiger partial charge in [0.25, 0.3) is 0 Å². The van der Waals surface area contributed by atoms with E-state index in [2.05, 4.69) is 28.1 Å². The minimum Gasteiger partial charge on any atom is -0.370 e. The van der Waals surface area contributed by atoms with E-state index >= 15 is 0 Å². The van der Waals surface area contributed by atoms with Crippen molar-refractivity contribution >= 4 is 11.6 Å². The summed E-state index contributed by atoms with van der Waals surface area (Å²) in [4.78, 5) is 17.0. The molecule has 0 unspecified atom stereocenters. The number of nitriles is 1. The molecule has 5 heteroatoms. The maximum Gasteiger partial charge on any atom is 0.234 e. The van der Waals surface area contributed by atoms with Gasteiger partial charge in [-0.25, -0.2) is 0 Å². The van der Waals surface area contributed by atoms with E-state index in [9.17, 15) is 4.79 Å². The van der Waals surface area contributed by atoms with Gasteiger partial charge >= 0.3 is 0 Å². The van der Waals surface area contributed by atoms with E-state index in [-0.39, 0.29) is 5.91 Å². The van der Waals surface area contributed by atoms with Gasteiger partial charge in [0.15, 0.2) is 0 Å². The van der Waals surface area contributed by atoms with Crippen LogP contribution in [0.25, 0.3) is 0 Å². The minimum absolute atomic E-state index is 0.177. The molecule has 2 fully saturated rings. The van der Waals surface area contributed by atoms with Crippen LogP contribution in [0.4, 0.5) is 5.69 Å². The molecule has 0 radical (unpaired) electrons. The van der Waals surface area contributed by atoms with E-state index in [4.69, 9.17) is 5.26 Å². The summed E-state index contributed by atoms with van der Waals surface area (Å²) in [6.07, 6.45) is 5.76. The molecule has 1 saturated heterocycles. The summed E-state index contributed by atoms with van der Waals surface area (Å²) in [6, 6.07) is 10.3. The zero-order chi connectivity index (χ0) is 18.4. The van der Waals surface area contributed by atoms with Crippen molar-refractivity contribution in [1.29, 1.82) is 5.26 Å². The largest absolute Gasteiger partial charge is 0.370 e. The second-order valence-electron chi connectivity index (χ2n) is 7.80. The molecule has 1 saturated carbocycles. The molecule has 0 aromatic heterocycles. The molecule has 5 nitrogen and oxygen atoms in total. The first-order chi connectivity index (χ1) is 12.6. The van der Waals surface area contributed by atoms with Crippen LogP contribution in [0.5, 0.6) is 0 Å². The molecule has 1 aromatic rings. The Labute approximate surface area is 157 Å². The number of hydrogen-bond acceptors (Lipinski definition) is 4. The molecule has 0 spiro atoms. The lowest BCUT2D eigenvalue weighted by Gasteiger charge is -2.28. The van der Waals surface area contributed by atoms with Crippen LogP contribution in [0.2, 0.25) is 0 Å². The zero-order valence-corrected chi connectivity index (χ0v) is 15.8. The number of carbonyl (C=O) groups is 1. The fraction of sp³-hybridized carbons (Fsp3) is 0.619. The van der Waals surface area contributed by atoms with Crippen molar-refractivity contribution in [2.45, 2.75) is 45.1 Å². The lowest BCUT2D eigenvalue weighted by Crippen LogP contribution is -2.44. The number of carbonyl (C=O) groups excluding carboxylic acids is 1. The fourth-order valence-electron chi connectivity index (χ4n) is 4.01. The Morgan fingerprint density at radius 1 is 1.12 bits per heavy atom. The Morgan fingerprint density at radius 3 is 2.54 bits per heavy atom. The molecule has 1 amide bonds. The Kier molecular flexibility index (Phi) is 6.51. The summed E-state index contributed by atoms with van der Waals surface area (Å²) < 4.78 is 0. The van der Waals surface area contributed by atoms with Crippen LogP contribution in [0.15, 0.2) is 24.3 Å². The zero-order valence-electron chi connectivity index (χ0n) is 15.8. The van der Waals surface area contributed by atoms with Crippen molar-refractivity contribution in [3.63, 3.8) is 0 Å². The highest BCUT2D eigenvalue weighted by Crippen LogP contribution is 2.23. The Hall–Kier alpha value is -2.06. The van der Waals surface area contributed by atoms with Crippen LogP contribution >= 0.6 is 0 Å². The summed E-state index contributed by atoms with van der Waals surface area (Å²) >= 11 is 0. The van der Waals surface area contributed by atoms with Gasteiger partial charge in [-0.05, 0) is 62.3 Å². The van der Waals surface area contributed by atoms with Crippen LogP contribution in [-0.4, -0.2) is 49.6 Å². The standard InChI is InChI=1S/C21H30N4O/c1-17-3-7-19(8-4-17)23-21(26)16-24-11-2-12-25(14-13-24)20-9-5-18(15-22)6-10-20/h5-6,9-10,17,19H,2-4,7-8,11-14,16H2,1H3,(H,23,26). The van der Waals surface area contributed by atoms with Crippen LogP contribution < -0.4 is 10.2 Å². The van der Waals surface area contributed by atoms with E-state index in [0.29, 0.717) is 18.2 Å². The van der Waals surface area contributed by atoms with Gasteiger partial charge in [0, 0.05) is 37.9 Å². The lowest BCUT2D eigenvalue weighted by atomic mass is 9.87. The van der Waals surface area contributed by atoms with Crippen LogP contribution in [0.3, 0.4) is 0 Å². The summed E-state index contributed by atoms with van der Waals surface area (Å²) in [6.45, 7) is 6.57. The van der Waals surface area contributed by atoms with E-state index in [1.165, 1.54) is 12.8 Å². The van der Waals surface area contributed by atoms with E-state index in [0.717, 1.165) is 57.0 Å². The highest BCUT2D eigenvalue weighted by molar-refractivity contribution is 5.78. The Balaban J connectivity index is 1.45. The molecule has 0 bridgehead atoms. The molecular formula is C21H30N4O. The topological polar surface area (TPSA) is 59.4 Å². The first kappa shape index (κ1) is 18.7. The van der Waals surface area contributed by atoms with Crippen molar-refractivity contribution in [1.82, 2.24) is 10.2 Å². The molecule has 0 atom stereocenters. The number of rotatable bonds is 4. The maximum absolute atomic E-state index is 12.4. The molecule has 1 aliphatic carbocycles. The van der Waals surface area contributed by atoms with E-state index in [1.54, 1.807) is 0 Å². The van der Waals surface area contributed by atoms with E-state index < -0.39 is 0 Å². The highest BCUT2D eigenvalue weighted by atomic mass is 16.2. The smallest absolute Gasteiger partial charge is 0.234 e. The average molecular weight is 354 g/mol. The van der Waals surface area contributed by atoms with Gasteiger partial charge in [-0.1, -0.05) is 6.92 Å². The molecule has 2 aliphatic rings. The SMILES string of the molecule is CC1CCC(NC(=O)CN2CCCN(c3ccc(C#N)cc3)CC2)CC1. The molecule has 1 heterocycles. The summed E-state index contributed by atoms with van der Waals surface area (Å²) in [5.74, 6) is 0.985. The van der Waals surface area contributed by atoms with Crippen molar-refractivity contribution in [3.8, 4) is 6.07 Å². The fourth-order valence-corrected chi connectivity index (χ4v) is 4.01. The maximum atomic E-state index is 12.4. The number of amides is 1. The normalized spacial score (nSPS) is 24.5. The van der Waals surface area contributed by atoms with E-state index in [1.807, 2.05) is 24.3 Å². The third kappa shape index (κ3) is 5.22. The molecule has 3 rings (SSSR count). The van der Waals surface area contributed by atoms with Crippen LogP contribution in [0.1, 0.15) is 44.6 Å². The van der Waals surface area contributed by atoms with Gasteiger partial charge in [0.05, 0.1) is 18.2 Å². The summed E-state index contributed by atoms with van der Waals surface area (Å²) in [7, 11) is 0. The second-order valence-corrected chi connectivity index (χ2v) is 7.80. The lowest BCUT2D eigenvalue weighted by molar-refractivity contribution is -0.123. The predicted molar refractivity (Wildman–Crippen MR) is 104 cm³/mol. The van der Waals surface area contributed by atoms with Gasteiger partial charge in [-0.15, -0.1) is 0 Å². The first-order valence-electron chi connectivity index (χ1n) is 9.91. The van der Waals surface area contributed by atoms with Gasteiger partial charge in [0.1, 0.15) is 0 Å². The summed E-state index contributed by atoms with van der Waals surface area (Å²) in [5.41, 5.74) is 1.85. The van der Waals surface area contributed by atoms with Crippen molar-refractivity contribution in [2.75, 3.05) is 37.6 Å². The third-order valence-corrected chi connectivity index (χ3v) is 5.70. The number of benzene rings is 1. The number of nitrogens with zero attached hydrogens (tertiary/aromatic N) is 3. The summed E-state index contributed by atoms with van der Waals surface area (Å²) in [5, 5.41) is 12.2. The van der Waals surface area contributed by atoms with Crippen LogP contribution in [0, 0.1) is 17.2 Å². The quantitative estimate of drug-likeness (QED) is 0.903. The average Bonchev–Trinajstić information content (AvgIpc) is 2.89. The number of hydrogen-bond donors (Lipinski definition) is 1. The molecule has 140 valence electrons. The molecule has 1 N–H and O–H groups in total. The van der Waals surface area contributed by atoms with Crippen molar-refractivity contribution in [3.05, 3.63) is 29.8 Å². The third-order valence-electron chi connectivity index (χ3n) is 5.70. The molecule has 1 aliphatic heterocycles. The monoisotopic (exact) mass is 354 g/mol. The molecule has 1 aromatic carbocycles. The Morgan fingerprint density at radius 2 is 1.85 bits per heavy atom. The van der Waals surface area contributed by atoms with Crippen molar-refractivity contribution in [2.24, 2.45) is 5.92 Å². The molecule has 26 heavy (non-hydrogen) atoms. The predicted octanol–water partition coefficient (Wildman–Crippen LogP) is 2.77. The Bertz CT molecular complexity index is 628. The number of nitrogens with one attached hydrogen (secondary N) is 1. The van der Waals surface area contributed by atoms with Crippen LogP contribution in [-0.2, 0) is 4.79 Å². The molecular weight excluding hydrogens is 324 g/mol. The minimum atomic E-state index is 0.177. The van der Waals surface area contributed by atoms with Gasteiger partial charge in [-0.2, -0.15) is 5.26 Å². The van der Waals surface area contributed by atoms with Gasteiger partial charge < -0.3 is 10.2 Å². The second kappa shape index (κ2) is 9.05. The van der Waals surface area contributed by atoms with Gasteiger partial charge in [-0.3, -0.25) is 9.69 Å². The van der Waals surface area contributed by atoms with Crippen molar-refractivity contribution < 1.29 is 4.79 Å².